The molecule has 0 aromatic carbocycles. The molecule has 0 radical (unpaired) electrons. The van der Waals surface area contributed by atoms with Gasteiger partial charge in [-0.05, 0) is 0 Å². The minimum Gasteiger partial charge on any atom is -0.477 e. The molecule has 3 N–H and O–H groups in total. The Morgan fingerprint density at radius 2 is 2.41 bits per heavy atom. The number of carbonyl (C=O) groups is 2. The number of halogens is 1. The van der Waals surface area contributed by atoms with Crippen LogP contribution in [0.3, 0.4) is 0 Å². The van der Waals surface area contributed by atoms with Crippen LogP contribution in [0.25, 0.3) is 0 Å². The molecule has 2 aliphatic rings. The van der Waals surface area contributed by atoms with Crippen molar-refractivity contribution in [3.63, 3.8) is 0 Å². The molecular weight excluding hydrogens is 264 g/mol. The molecule has 1 saturated heterocycles. The summed E-state index contributed by atoms with van der Waals surface area (Å²) in [6.45, 7) is 0. The summed E-state index contributed by atoms with van der Waals surface area (Å²) in [4.78, 5) is 24.0. The molecule has 7 heteroatoms. The van der Waals surface area contributed by atoms with Crippen LogP contribution < -0.4 is 5.73 Å². The van der Waals surface area contributed by atoms with Crippen LogP contribution in [0.1, 0.15) is 6.42 Å². The highest BCUT2D eigenvalue weighted by molar-refractivity contribution is 8.00. The van der Waals surface area contributed by atoms with E-state index in [0.717, 1.165) is 0 Å². The first-order chi connectivity index (χ1) is 8.06. The fraction of sp³-hybridized carbons (Fsp3) is 0.400. The first-order valence-electron chi connectivity index (χ1n) is 4.99. The molecule has 2 aliphatic heterocycles. The lowest BCUT2D eigenvalue weighted by Gasteiger charge is -2.45. The van der Waals surface area contributed by atoms with E-state index in [1.807, 2.05) is 0 Å². The molecular formula is C10H11ClN2O3S. The average molecular weight is 275 g/mol. The third-order valence-electron chi connectivity index (χ3n) is 2.62. The summed E-state index contributed by atoms with van der Waals surface area (Å²) in [6, 6.07) is 0. The van der Waals surface area contributed by atoms with Crippen molar-refractivity contribution in [2.24, 2.45) is 5.73 Å². The molecule has 2 heterocycles. The molecule has 0 bridgehead atoms. The number of aliphatic carboxylic acids is 1. The molecule has 5 nitrogen and oxygen atoms in total. The summed E-state index contributed by atoms with van der Waals surface area (Å²) in [7, 11) is 0. The van der Waals surface area contributed by atoms with Gasteiger partial charge in [-0.15, -0.1) is 23.4 Å². The summed E-state index contributed by atoms with van der Waals surface area (Å²) in [6.07, 6.45) is 3.54. The summed E-state index contributed by atoms with van der Waals surface area (Å²) >= 11 is 6.91. The molecule has 0 aromatic heterocycles. The van der Waals surface area contributed by atoms with Crippen LogP contribution in [0, 0.1) is 0 Å². The molecule has 0 aliphatic carbocycles. The second-order valence-corrected chi connectivity index (χ2v) is 5.28. The van der Waals surface area contributed by atoms with Gasteiger partial charge < -0.3 is 10.8 Å². The fourth-order valence-electron chi connectivity index (χ4n) is 1.85. The number of hydrogen-bond donors (Lipinski definition) is 2. The molecule has 1 unspecified atom stereocenters. The lowest BCUT2D eigenvalue weighted by molar-refractivity contribution is -0.146. The van der Waals surface area contributed by atoms with E-state index in [9.17, 15) is 14.7 Å². The van der Waals surface area contributed by atoms with Crippen molar-refractivity contribution in [1.82, 2.24) is 4.90 Å². The molecule has 2 atom stereocenters. The van der Waals surface area contributed by atoms with Gasteiger partial charge in [-0.1, -0.05) is 12.2 Å². The van der Waals surface area contributed by atoms with Gasteiger partial charge in [-0.25, -0.2) is 4.79 Å². The average Bonchev–Trinajstić information content (AvgIpc) is 2.26. The molecule has 92 valence electrons. The van der Waals surface area contributed by atoms with E-state index >= 15 is 0 Å². The normalized spacial score (nSPS) is 28.4. The Balaban J connectivity index is 2.44. The Morgan fingerprint density at radius 1 is 1.71 bits per heavy atom. The summed E-state index contributed by atoms with van der Waals surface area (Å²) in [5.41, 5.74) is 6.31. The number of nitrogens with zero attached hydrogens (tertiary/aromatic N) is 1. The largest absolute Gasteiger partial charge is 0.477 e. The molecule has 2 rings (SSSR count). The fourth-order valence-corrected chi connectivity index (χ4v) is 3.20. The van der Waals surface area contributed by atoms with E-state index in [-0.39, 0.29) is 22.9 Å². The van der Waals surface area contributed by atoms with Crippen molar-refractivity contribution < 1.29 is 14.7 Å². The van der Waals surface area contributed by atoms with E-state index < -0.39 is 11.3 Å². The zero-order valence-corrected chi connectivity index (χ0v) is 10.4. The predicted octanol–water partition coefficient (Wildman–Crippen LogP) is 0.710. The minimum absolute atomic E-state index is 0.0149. The van der Waals surface area contributed by atoms with Crippen molar-refractivity contribution in [2.45, 2.75) is 17.2 Å². The number of fused-ring (bicyclic) bond motifs is 1. The van der Waals surface area contributed by atoms with Gasteiger partial charge in [-0.3, -0.25) is 9.69 Å². The van der Waals surface area contributed by atoms with Gasteiger partial charge in [0.2, 0.25) is 5.91 Å². The predicted molar refractivity (Wildman–Crippen MR) is 65.3 cm³/mol. The number of β-lactam (4-membered cyclic amide) rings is 1. The van der Waals surface area contributed by atoms with Gasteiger partial charge in [0.25, 0.3) is 0 Å². The van der Waals surface area contributed by atoms with Crippen molar-refractivity contribution in [1.29, 1.82) is 0 Å². The van der Waals surface area contributed by atoms with E-state index in [2.05, 4.69) is 0 Å². The van der Waals surface area contributed by atoms with Gasteiger partial charge in [0.05, 0.1) is 17.2 Å². The van der Waals surface area contributed by atoms with Crippen molar-refractivity contribution in [3.8, 4) is 0 Å². The summed E-state index contributed by atoms with van der Waals surface area (Å²) in [5.74, 6) is -1.04. The third kappa shape index (κ3) is 2.08. The van der Waals surface area contributed by atoms with E-state index in [4.69, 9.17) is 17.3 Å². The van der Waals surface area contributed by atoms with Gasteiger partial charge in [0.1, 0.15) is 5.70 Å². The molecule has 0 saturated carbocycles. The topological polar surface area (TPSA) is 83.6 Å². The minimum atomic E-state index is -1.13. The number of thioether (sulfide) groups is 1. The third-order valence-corrected chi connectivity index (χ3v) is 4.04. The maximum absolute atomic E-state index is 11.4. The number of amides is 1. The molecule has 0 aromatic rings. The first kappa shape index (κ1) is 12.5. The molecule has 0 spiro atoms. The van der Waals surface area contributed by atoms with Crippen LogP contribution in [-0.4, -0.2) is 38.5 Å². The van der Waals surface area contributed by atoms with Crippen LogP contribution in [0.15, 0.2) is 23.4 Å². The Labute approximate surface area is 107 Å². The van der Waals surface area contributed by atoms with Gasteiger partial charge in [0, 0.05) is 11.5 Å². The summed E-state index contributed by atoms with van der Waals surface area (Å²) < 4.78 is 0. The second-order valence-electron chi connectivity index (χ2n) is 3.64. The van der Waals surface area contributed by atoms with Gasteiger partial charge >= 0.3 is 5.97 Å². The van der Waals surface area contributed by atoms with Crippen LogP contribution in [0.4, 0.5) is 0 Å². The lowest BCUT2D eigenvalue weighted by atomic mass is 10.1. The number of rotatable bonds is 3. The Kier molecular flexibility index (Phi) is 3.46. The monoisotopic (exact) mass is 274 g/mol. The molecule has 1 fully saturated rings. The number of hydrogen-bond acceptors (Lipinski definition) is 4. The maximum Gasteiger partial charge on any atom is 0.353 e. The molecule has 1 amide bonds. The van der Waals surface area contributed by atoms with E-state index in [1.165, 1.54) is 16.7 Å². The van der Waals surface area contributed by atoms with Crippen LogP contribution in [0.5, 0.6) is 0 Å². The van der Waals surface area contributed by atoms with Gasteiger partial charge in [-0.2, -0.15) is 0 Å². The van der Waals surface area contributed by atoms with Crippen LogP contribution >= 0.6 is 23.4 Å². The number of alkyl halides is 1. The smallest absolute Gasteiger partial charge is 0.353 e. The zero-order chi connectivity index (χ0) is 12.6. The Hall–Kier alpha value is -0.980. The SMILES string of the molecule is NC1S[C@@H]2CC(=O)N2C(C(=O)O)=C1/C=C\CCl. The quantitative estimate of drug-likeness (QED) is 0.585. The van der Waals surface area contributed by atoms with Crippen molar-refractivity contribution in [2.75, 3.05) is 5.88 Å². The van der Waals surface area contributed by atoms with Crippen molar-refractivity contribution >= 4 is 35.2 Å². The van der Waals surface area contributed by atoms with E-state index in [0.29, 0.717) is 12.0 Å². The van der Waals surface area contributed by atoms with Crippen LogP contribution in [0.2, 0.25) is 0 Å². The maximum atomic E-state index is 11.4. The van der Waals surface area contributed by atoms with Crippen molar-refractivity contribution in [3.05, 3.63) is 23.4 Å². The highest BCUT2D eigenvalue weighted by Gasteiger charge is 2.47. The highest BCUT2D eigenvalue weighted by atomic mass is 35.5. The van der Waals surface area contributed by atoms with Crippen LogP contribution in [-0.2, 0) is 9.59 Å². The second kappa shape index (κ2) is 4.72. The number of carboxylic acids is 1. The number of allylic oxidation sites excluding steroid dienone is 1. The van der Waals surface area contributed by atoms with Gasteiger partial charge in [0.15, 0.2) is 0 Å². The number of carboxylic acid groups (broad SMARTS) is 1. The Bertz CT molecular complexity index is 435. The Morgan fingerprint density at radius 3 is 2.94 bits per heavy atom. The molecule has 17 heavy (non-hydrogen) atoms. The highest BCUT2D eigenvalue weighted by Crippen LogP contribution is 2.42. The summed E-state index contributed by atoms with van der Waals surface area (Å²) in [5, 5.41) is 8.61. The van der Waals surface area contributed by atoms with E-state index in [1.54, 1.807) is 12.2 Å². The first-order valence-corrected chi connectivity index (χ1v) is 6.47. The standard InChI is InChI=1S/C10H11ClN2O3S/c11-3-1-2-5-8(10(15)16)13-6(14)4-7(13)17-9(5)12/h1-2,7,9H,3-4,12H2,(H,15,16)/b2-1-/t7-,9?/m1/s1. The lowest BCUT2D eigenvalue weighted by Crippen LogP contribution is -2.56. The zero-order valence-electron chi connectivity index (χ0n) is 8.80. The number of nitrogens with two attached hydrogens (primary N) is 1. The number of carbonyl (C=O) groups excluding carboxylic acids is 1.